The number of amides is 2. The van der Waals surface area contributed by atoms with Crippen molar-refractivity contribution in [2.75, 3.05) is 12.4 Å². The second-order valence-electron chi connectivity index (χ2n) is 5.78. The van der Waals surface area contributed by atoms with Gasteiger partial charge in [0.1, 0.15) is 11.0 Å². The number of hydrogen-bond donors (Lipinski definition) is 2. The Kier molecular flexibility index (Phi) is 6.83. The van der Waals surface area contributed by atoms with Crippen molar-refractivity contribution in [1.82, 2.24) is 5.32 Å². The molecule has 1 aliphatic heterocycles. The second kappa shape index (κ2) is 9.52. The van der Waals surface area contributed by atoms with Crippen LogP contribution in [0.3, 0.4) is 0 Å². The summed E-state index contributed by atoms with van der Waals surface area (Å²) in [5.74, 6) is 0.118. The molecule has 1 saturated heterocycles. The van der Waals surface area contributed by atoms with Gasteiger partial charge in [0.05, 0.1) is 13.3 Å². The number of carbonyl (C=O) groups is 2. The Balaban J connectivity index is 1.54. The molecular formula is C19H17BrN4O3S. The summed E-state index contributed by atoms with van der Waals surface area (Å²) in [4.78, 5) is 24.3. The van der Waals surface area contributed by atoms with Gasteiger partial charge in [0.25, 0.3) is 0 Å². The fourth-order valence-corrected chi connectivity index (χ4v) is 3.55. The first-order valence-electron chi connectivity index (χ1n) is 8.31. The summed E-state index contributed by atoms with van der Waals surface area (Å²) in [6, 6.07) is 14.6. The topological polar surface area (TPSA) is 92.2 Å². The van der Waals surface area contributed by atoms with Crippen molar-refractivity contribution >= 4 is 56.6 Å². The highest BCUT2D eigenvalue weighted by atomic mass is 79.9. The van der Waals surface area contributed by atoms with Gasteiger partial charge in [-0.2, -0.15) is 5.10 Å². The minimum absolute atomic E-state index is 0.0309. The van der Waals surface area contributed by atoms with Gasteiger partial charge in [-0.05, 0) is 29.8 Å². The van der Waals surface area contributed by atoms with Crippen LogP contribution in [-0.4, -0.2) is 35.6 Å². The zero-order valence-corrected chi connectivity index (χ0v) is 17.3. The smallest absolute Gasteiger partial charge is 0.240 e. The van der Waals surface area contributed by atoms with Crippen LogP contribution < -0.4 is 15.4 Å². The molecule has 2 N–H and O–H groups in total. The number of halogens is 1. The molecule has 0 bridgehead atoms. The second-order valence-corrected chi connectivity index (χ2v) is 7.89. The van der Waals surface area contributed by atoms with Crippen LogP contribution in [0, 0.1) is 0 Å². The molecule has 1 aliphatic rings. The zero-order valence-electron chi connectivity index (χ0n) is 14.9. The third-order valence-electron chi connectivity index (χ3n) is 3.73. The van der Waals surface area contributed by atoms with E-state index < -0.39 is 5.25 Å². The summed E-state index contributed by atoms with van der Waals surface area (Å²) in [7, 11) is 1.56. The SMILES string of the molecule is COc1cccc(NC(=O)CC2SC(=N/N=C/c3ccc(Br)cc3)NC2=O)c1. The maximum atomic E-state index is 12.2. The molecule has 0 spiro atoms. The van der Waals surface area contributed by atoms with Crippen molar-refractivity contribution < 1.29 is 14.3 Å². The molecular weight excluding hydrogens is 444 g/mol. The van der Waals surface area contributed by atoms with Gasteiger partial charge in [0.15, 0.2) is 5.17 Å². The van der Waals surface area contributed by atoms with Crippen LogP contribution in [0.25, 0.3) is 0 Å². The Hall–Kier alpha value is -2.65. The average Bonchev–Trinajstić information content (AvgIpc) is 3.02. The zero-order chi connectivity index (χ0) is 19.9. The van der Waals surface area contributed by atoms with E-state index in [0.29, 0.717) is 16.6 Å². The molecule has 0 saturated carbocycles. The Bertz CT molecular complexity index is 931. The first-order chi connectivity index (χ1) is 13.5. The van der Waals surface area contributed by atoms with E-state index in [4.69, 9.17) is 4.74 Å². The van der Waals surface area contributed by atoms with Crippen molar-refractivity contribution in [1.29, 1.82) is 0 Å². The van der Waals surface area contributed by atoms with E-state index in [0.717, 1.165) is 10.0 Å². The highest BCUT2D eigenvalue weighted by Crippen LogP contribution is 2.24. The summed E-state index contributed by atoms with van der Waals surface area (Å²) in [5.41, 5.74) is 1.50. The Morgan fingerprint density at radius 1 is 1.32 bits per heavy atom. The summed E-state index contributed by atoms with van der Waals surface area (Å²) >= 11 is 4.55. The summed E-state index contributed by atoms with van der Waals surface area (Å²) in [6.45, 7) is 0. The summed E-state index contributed by atoms with van der Waals surface area (Å²) < 4.78 is 6.10. The Morgan fingerprint density at radius 2 is 2.11 bits per heavy atom. The molecule has 9 heteroatoms. The number of amidine groups is 1. The van der Waals surface area contributed by atoms with Gasteiger partial charge in [-0.3, -0.25) is 9.59 Å². The minimum Gasteiger partial charge on any atom is -0.497 e. The fourth-order valence-electron chi connectivity index (χ4n) is 2.36. The average molecular weight is 461 g/mol. The van der Waals surface area contributed by atoms with Crippen LogP contribution in [0.2, 0.25) is 0 Å². The highest BCUT2D eigenvalue weighted by molar-refractivity contribution is 9.10. The minimum atomic E-state index is -0.549. The number of rotatable bonds is 6. The monoisotopic (exact) mass is 460 g/mol. The van der Waals surface area contributed by atoms with E-state index in [2.05, 4.69) is 36.8 Å². The molecule has 28 heavy (non-hydrogen) atoms. The molecule has 0 aromatic heterocycles. The molecule has 3 rings (SSSR count). The quantitative estimate of drug-likeness (QED) is 0.510. The lowest BCUT2D eigenvalue weighted by Crippen LogP contribution is -2.28. The molecule has 2 aromatic rings. The number of nitrogens with zero attached hydrogens (tertiary/aromatic N) is 2. The Morgan fingerprint density at radius 3 is 2.86 bits per heavy atom. The maximum Gasteiger partial charge on any atom is 0.240 e. The van der Waals surface area contributed by atoms with E-state index in [1.165, 1.54) is 11.8 Å². The first kappa shape index (κ1) is 20.1. The molecule has 7 nitrogen and oxygen atoms in total. The van der Waals surface area contributed by atoms with Gasteiger partial charge in [-0.25, -0.2) is 0 Å². The van der Waals surface area contributed by atoms with Crippen molar-refractivity contribution in [3.8, 4) is 5.75 Å². The maximum absolute atomic E-state index is 12.2. The van der Waals surface area contributed by atoms with Gasteiger partial charge in [0.2, 0.25) is 11.8 Å². The van der Waals surface area contributed by atoms with Gasteiger partial charge in [-0.1, -0.05) is 45.9 Å². The third kappa shape index (κ3) is 5.67. The number of benzene rings is 2. The molecule has 2 aromatic carbocycles. The van der Waals surface area contributed by atoms with Crippen molar-refractivity contribution in [2.45, 2.75) is 11.7 Å². The van der Waals surface area contributed by atoms with Crippen molar-refractivity contribution in [3.63, 3.8) is 0 Å². The van der Waals surface area contributed by atoms with Crippen LogP contribution in [0.1, 0.15) is 12.0 Å². The molecule has 2 amide bonds. The molecule has 1 unspecified atom stereocenters. The van der Waals surface area contributed by atoms with Crippen LogP contribution in [0.15, 0.2) is 63.2 Å². The largest absolute Gasteiger partial charge is 0.497 e. The van der Waals surface area contributed by atoms with E-state index in [1.54, 1.807) is 37.6 Å². The van der Waals surface area contributed by atoms with Crippen LogP contribution >= 0.6 is 27.7 Å². The van der Waals surface area contributed by atoms with E-state index in [-0.39, 0.29) is 18.2 Å². The summed E-state index contributed by atoms with van der Waals surface area (Å²) in [5, 5.41) is 13.2. The predicted molar refractivity (Wildman–Crippen MR) is 115 cm³/mol. The Labute approximate surface area is 174 Å². The highest BCUT2D eigenvalue weighted by Gasteiger charge is 2.32. The number of methoxy groups -OCH3 is 1. The normalized spacial score (nSPS) is 17.7. The standard InChI is InChI=1S/C19H17BrN4O3S/c1-27-15-4-2-3-14(9-15)22-17(25)10-16-18(26)23-19(28-16)24-21-11-12-5-7-13(20)8-6-12/h2-9,11,16H,10H2,1H3,(H,22,25)(H,23,24,26)/b21-11+. The number of anilines is 1. The van der Waals surface area contributed by atoms with Crippen molar-refractivity contribution in [3.05, 3.63) is 58.6 Å². The number of thioether (sulfide) groups is 1. The van der Waals surface area contributed by atoms with Crippen molar-refractivity contribution in [2.24, 2.45) is 10.2 Å². The number of ether oxygens (including phenoxy) is 1. The molecule has 1 heterocycles. The number of carbonyl (C=O) groups excluding carboxylic acids is 2. The van der Waals surface area contributed by atoms with E-state index in [1.807, 2.05) is 24.3 Å². The van der Waals surface area contributed by atoms with Crippen LogP contribution in [0.4, 0.5) is 5.69 Å². The van der Waals surface area contributed by atoms with Crippen LogP contribution in [0.5, 0.6) is 5.75 Å². The van der Waals surface area contributed by atoms with Gasteiger partial charge in [-0.15, -0.1) is 5.10 Å². The van der Waals surface area contributed by atoms with Gasteiger partial charge >= 0.3 is 0 Å². The lowest BCUT2D eigenvalue weighted by molar-refractivity contribution is -0.122. The third-order valence-corrected chi connectivity index (χ3v) is 5.33. The lowest BCUT2D eigenvalue weighted by Gasteiger charge is -2.08. The lowest BCUT2D eigenvalue weighted by atomic mass is 10.2. The van der Waals surface area contributed by atoms with Crippen LogP contribution in [-0.2, 0) is 9.59 Å². The van der Waals surface area contributed by atoms with E-state index >= 15 is 0 Å². The van der Waals surface area contributed by atoms with E-state index in [9.17, 15) is 9.59 Å². The molecule has 144 valence electrons. The fraction of sp³-hybridized carbons (Fsp3) is 0.158. The molecule has 1 atom stereocenters. The molecule has 0 aliphatic carbocycles. The summed E-state index contributed by atoms with van der Waals surface area (Å²) in [6.07, 6.45) is 1.62. The number of nitrogens with one attached hydrogen (secondary N) is 2. The predicted octanol–water partition coefficient (Wildman–Crippen LogP) is 3.41. The number of hydrogen-bond acceptors (Lipinski definition) is 6. The molecule has 0 radical (unpaired) electrons. The van der Waals surface area contributed by atoms with Gasteiger partial charge in [0, 0.05) is 22.6 Å². The first-order valence-corrected chi connectivity index (χ1v) is 9.99. The molecule has 1 fully saturated rings. The van der Waals surface area contributed by atoms with Gasteiger partial charge < -0.3 is 15.4 Å².